The van der Waals surface area contributed by atoms with E-state index in [1.807, 2.05) is 18.2 Å². The Kier molecular flexibility index (Phi) is 7.13. The summed E-state index contributed by atoms with van der Waals surface area (Å²) in [6.45, 7) is 7.97. The number of anilines is 1. The standard InChI is InChI=1S/C17H27NO2/c1-5-7-12-18(13-8-6-2)15-10-9-11-16(20-4)17(15)14(3)19/h9-11H,5-8,12-13H2,1-4H3. The molecule has 3 heteroatoms. The average Bonchev–Trinajstić information content (AvgIpc) is 2.46. The molecule has 1 rings (SSSR count). The molecule has 3 nitrogen and oxygen atoms in total. The van der Waals surface area contributed by atoms with Crippen LogP contribution in [0.1, 0.15) is 56.8 Å². The summed E-state index contributed by atoms with van der Waals surface area (Å²) in [7, 11) is 1.62. The molecule has 20 heavy (non-hydrogen) atoms. The van der Waals surface area contributed by atoms with Gasteiger partial charge >= 0.3 is 0 Å². The Bertz CT molecular complexity index is 421. The van der Waals surface area contributed by atoms with Crippen molar-refractivity contribution in [1.29, 1.82) is 0 Å². The summed E-state index contributed by atoms with van der Waals surface area (Å²) in [6.07, 6.45) is 4.58. The number of nitrogens with zero attached hydrogens (tertiary/aromatic N) is 1. The lowest BCUT2D eigenvalue weighted by atomic mass is 10.1. The first kappa shape index (κ1) is 16.5. The molecule has 0 heterocycles. The van der Waals surface area contributed by atoms with Crippen LogP contribution in [-0.4, -0.2) is 26.0 Å². The Hall–Kier alpha value is -1.51. The van der Waals surface area contributed by atoms with E-state index >= 15 is 0 Å². The van der Waals surface area contributed by atoms with Gasteiger partial charge in [0.05, 0.1) is 18.4 Å². The van der Waals surface area contributed by atoms with E-state index < -0.39 is 0 Å². The number of methoxy groups -OCH3 is 1. The predicted octanol–water partition coefficient (Wildman–Crippen LogP) is 4.30. The fraction of sp³-hybridized carbons (Fsp3) is 0.588. The van der Waals surface area contributed by atoms with E-state index in [9.17, 15) is 4.79 Å². The first-order valence-corrected chi connectivity index (χ1v) is 7.58. The molecule has 0 spiro atoms. The quantitative estimate of drug-likeness (QED) is 0.630. The number of unbranched alkanes of at least 4 members (excludes halogenated alkanes) is 2. The van der Waals surface area contributed by atoms with E-state index in [1.54, 1.807) is 14.0 Å². The monoisotopic (exact) mass is 277 g/mol. The number of ketones is 1. The molecule has 0 fully saturated rings. The van der Waals surface area contributed by atoms with E-state index in [-0.39, 0.29) is 5.78 Å². The molecule has 1 aromatic rings. The van der Waals surface area contributed by atoms with E-state index in [0.29, 0.717) is 11.3 Å². The number of carbonyl (C=O) groups excluding carboxylic acids is 1. The van der Waals surface area contributed by atoms with E-state index in [4.69, 9.17) is 4.74 Å². The molecule has 0 N–H and O–H groups in total. The van der Waals surface area contributed by atoms with Gasteiger partial charge in [0.15, 0.2) is 5.78 Å². The van der Waals surface area contributed by atoms with Crippen molar-refractivity contribution in [2.24, 2.45) is 0 Å². The maximum atomic E-state index is 12.0. The summed E-state index contributed by atoms with van der Waals surface area (Å²) in [5.41, 5.74) is 1.72. The smallest absolute Gasteiger partial charge is 0.165 e. The van der Waals surface area contributed by atoms with Crippen LogP contribution in [0.15, 0.2) is 18.2 Å². The number of rotatable bonds is 9. The van der Waals surface area contributed by atoms with Crippen molar-refractivity contribution in [3.05, 3.63) is 23.8 Å². The first-order chi connectivity index (χ1) is 9.65. The fourth-order valence-corrected chi connectivity index (χ4v) is 2.36. The summed E-state index contributed by atoms with van der Waals surface area (Å²) in [4.78, 5) is 14.3. The second-order valence-electron chi connectivity index (χ2n) is 5.10. The van der Waals surface area contributed by atoms with Crippen molar-refractivity contribution in [1.82, 2.24) is 0 Å². The molecule has 1 aromatic carbocycles. The van der Waals surface area contributed by atoms with Crippen molar-refractivity contribution in [3.8, 4) is 5.75 Å². The van der Waals surface area contributed by atoms with Crippen LogP contribution in [0.3, 0.4) is 0 Å². The molecule has 0 unspecified atom stereocenters. The van der Waals surface area contributed by atoms with Crippen molar-refractivity contribution >= 4 is 11.5 Å². The topological polar surface area (TPSA) is 29.5 Å². The van der Waals surface area contributed by atoms with Crippen molar-refractivity contribution in [2.75, 3.05) is 25.1 Å². The summed E-state index contributed by atoms with van der Waals surface area (Å²) in [5.74, 6) is 0.739. The molecular formula is C17H27NO2. The van der Waals surface area contributed by atoms with Gasteiger partial charge in [-0.25, -0.2) is 0 Å². The zero-order chi connectivity index (χ0) is 15.0. The normalized spacial score (nSPS) is 10.4. The van der Waals surface area contributed by atoms with E-state index in [1.165, 1.54) is 0 Å². The Morgan fingerprint density at radius 2 is 1.75 bits per heavy atom. The van der Waals surface area contributed by atoms with Gasteiger partial charge in [0.2, 0.25) is 0 Å². The second-order valence-corrected chi connectivity index (χ2v) is 5.10. The minimum atomic E-state index is 0.0652. The van der Waals surface area contributed by atoms with Crippen LogP contribution in [0.25, 0.3) is 0 Å². The maximum Gasteiger partial charge on any atom is 0.165 e. The molecular weight excluding hydrogens is 250 g/mol. The van der Waals surface area contributed by atoms with Gasteiger partial charge in [0.25, 0.3) is 0 Å². The molecule has 0 atom stereocenters. The van der Waals surface area contributed by atoms with Crippen LogP contribution in [0.2, 0.25) is 0 Å². The number of ether oxygens (including phenoxy) is 1. The van der Waals surface area contributed by atoms with Gasteiger partial charge in [-0.1, -0.05) is 32.8 Å². The zero-order valence-electron chi connectivity index (χ0n) is 13.2. The number of Topliss-reactive ketones (excluding diaryl/α,β-unsaturated/α-hetero) is 1. The van der Waals surface area contributed by atoms with E-state index in [0.717, 1.165) is 44.5 Å². The van der Waals surface area contributed by atoms with Gasteiger partial charge in [0, 0.05) is 13.1 Å². The summed E-state index contributed by atoms with van der Waals surface area (Å²) < 4.78 is 5.36. The Balaban J connectivity index is 3.13. The molecule has 112 valence electrons. The molecule has 0 saturated carbocycles. The number of hydrogen-bond donors (Lipinski definition) is 0. The summed E-state index contributed by atoms with van der Waals surface area (Å²) in [5, 5.41) is 0. The van der Waals surface area contributed by atoms with E-state index in [2.05, 4.69) is 18.7 Å². The Morgan fingerprint density at radius 1 is 1.15 bits per heavy atom. The zero-order valence-corrected chi connectivity index (χ0v) is 13.2. The van der Waals surface area contributed by atoms with Crippen LogP contribution in [0.5, 0.6) is 5.75 Å². The molecule has 0 saturated heterocycles. The predicted molar refractivity (Wildman–Crippen MR) is 85.0 cm³/mol. The number of carbonyl (C=O) groups is 1. The first-order valence-electron chi connectivity index (χ1n) is 7.58. The van der Waals surface area contributed by atoms with Crippen molar-refractivity contribution in [3.63, 3.8) is 0 Å². The van der Waals surface area contributed by atoms with Crippen LogP contribution in [0.4, 0.5) is 5.69 Å². The highest BCUT2D eigenvalue weighted by Gasteiger charge is 2.17. The highest BCUT2D eigenvalue weighted by molar-refractivity contribution is 6.02. The Morgan fingerprint density at radius 3 is 2.20 bits per heavy atom. The molecule has 0 aromatic heterocycles. The van der Waals surface area contributed by atoms with Gasteiger partial charge < -0.3 is 9.64 Å². The average molecular weight is 277 g/mol. The third-order valence-electron chi connectivity index (χ3n) is 3.48. The molecule has 0 bridgehead atoms. The lowest BCUT2D eigenvalue weighted by Crippen LogP contribution is -2.27. The van der Waals surface area contributed by atoms with Gasteiger partial charge in [-0.05, 0) is 31.9 Å². The van der Waals surface area contributed by atoms with Gasteiger partial charge in [-0.2, -0.15) is 0 Å². The molecule has 0 aliphatic heterocycles. The highest BCUT2D eigenvalue weighted by atomic mass is 16.5. The molecule has 0 radical (unpaired) electrons. The second kappa shape index (κ2) is 8.62. The molecule has 0 amide bonds. The number of benzene rings is 1. The number of hydrogen-bond acceptors (Lipinski definition) is 3. The van der Waals surface area contributed by atoms with Gasteiger partial charge in [0.1, 0.15) is 5.75 Å². The van der Waals surface area contributed by atoms with Crippen molar-refractivity contribution < 1.29 is 9.53 Å². The molecule has 0 aliphatic rings. The van der Waals surface area contributed by atoms with Crippen LogP contribution < -0.4 is 9.64 Å². The lowest BCUT2D eigenvalue weighted by Gasteiger charge is -2.27. The minimum Gasteiger partial charge on any atom is -0.496 e. The van der Waals surface area contributed by atoms with Crippen LogP contribution >= 0.6 is 0 Å². The lowest BCUT2D eigenvalue weighted by molar-refractivity contribution is 0.101. The largest absolute Gasteiger partial charge is 0.496 e. The maximum absolute atomic E-state index is 12.0. The van der Waals surface area contributed by atoms with Crippen LogP contribution in [0, 0.1) is 0 Å². The van der Waals surface area contributed by atoms with Crippen molar-refractivity contribution in [2.45, 2.75) is 46.5 Å². The van der Waals surface area contributed by atoms with Gasteiger partial charge in [-0.15, -0.1) is 0 Å². The fourth-order valence-electron chi connectivity index (χ4n) is 2.36. The van der Waals surface area contributed by atoms with Gasteiger partial charge in [-0.3, -0.25) is 4.79 Å². The summed E-state index contributed by atoms with van der Waals surface area (Å²) >= 11 is 0. The summed E-state index contributed by atoms with van der Waals surface area (Å²) in [6, 6.07) is 5.86. The highest BCUT2D eigenvalue weighted by Crippen LogP contribution is 2.30. The SMILES string of the molecule is CCCCN(CCCC)c1cccc(OC)c1C(C)=O. The molecule has 0 aliphatic carbocycles. The third kappa shape index (κ3) is 4.26. The third-order valence-corrected chi connectivity index (χ3v) is 3.48. The van der Waals surface area contributed by atoms with Crippen LogP contribution in [-0.2, 0) is 0 Å². The Labute approximate surface area is 122 Å². The minimum absolute atomic E-state index is 0.0652.